The van der Waals surface area contributed by atoms with Crippen molar-refractivity contribution < 1.29 is 4.79 Å². The molecule has 1 amide bonds. The molecule has 0 radical (unpaired) electrons. The maximum absolute atomic E-state index is 12.5. The number of piperazine rings is 1. The zero-order valence-electron chi connectivity index (χ0n) is 15.2. The summed E-state index contributed by atoms with van der Waals surface area (Å²) >= 11 is 0. The van der Waals surface area contributed by atoms with Crippen molar-refractivity contribution in [2.24, 2.45) is 0 Å². The van der Waals surface area contributed by atoms with Crippen LogP contribution in [0.15, 0.2) is 54.9 Å². The summed E-state index contributed by atoms with van der Waals surface area (Å²) in [6.45, 7) is 4.18. The van der Waals surface area contributed by atoms with E-state index in [4.69, 9.17) is 0 Å². The smallest absolute Gasteiger partial charge is 0.273 e. The molecule has 0 spiro atoms. The number of aromatic nitrogens is 3. The summed E-state index contributed by atoms with van der Waals surface area (Å²) in [6.07, 6.45) is 3.40. The van der Waals surface area contributed by atoms with Gasteiger partial charge in [0.05, 0.1) is 5.69 Å². The fraction of sp³-hybridized carbons (Fsp3) is 0.250. The first-order valence-electron chi connectivity index (χ1n) is 9.00. The molecule has 1 fully saturated rings. The van der Waals surface area contributed by atoms with E-state index in [-0.39, 0.29) is 5.91 Å². The lowest BCUT2D eigenvalue weighted by Crippen LogP contribution is -2.44. The second-order valence-electron chi connectivity index (χ2n) is 6.69. The van der Waals surface area contributed by atoms with Gasteiger partial charge in [0, 0.05) is 55.5 Å². The van der Waals surface area contributed by atoms with Gasteiger partial charge in [-0.2, -0.15) is 5.10 Å². The number of benzene rings is 1. The van der Waals surface area contributed by atoms with Gasteiger partial charge in [0.15, 0.2) is 0 Å². The van der Waals surface area contributed by atoms with Crippen LogP contribution in [0.4, 0.5) is 11.4 Å². The number of hydrogen-bond donors (Lipinski definition) is 2. The maximum Gasteiger partial charge on any atom is 0.273 e. The lowest BCUT2D eigenvalue weighted by atomic mass is 10.2. The van der Waals surface area contributed by atoms with Gasteiger partial charge in [-0.25, -0.2) is 0 Å². The van der Waals surface area contributed by atoms with Crippen molar-refractivity contribution in [1.29, 1.82) is 0 Å². The van der Waals surface area contributed by atoms with Crippen LogP contribution < -0.4 is 10.2 Å². The number of likely N-dealkylation sites (N-methyl/N-ethyl adjacent to an activating group) is 1. The molecule has 27 heavy (non-hydrogen) atoms. The molecule has 1 saturated heterocycles. The number of carbonyl (C=O) groups is 1. The highest BCUT2D eigenvalue weighted by Crippen LogP contribution is 2.20. The van der Waals surface area contributed by atoms with Crippen LogP contribution in [0.25, 0.3) is 11.3 Å². The Hall–Kier alpha value is -3.19. The van der Waals surface area contributed by atoms with Crippen molar-refractivity contribution in [3.63, 3.8) is 0 Å². The molecule has 0 unspecified atom stereocenters. The largest absolute Gasteiger partial charge is 0.369 e. The Kier molecular flexibility index (Phi) is 4.84. The molecule has 0 saturated carbocycles. The van der Waals surface area contributed by atoms with Gasteiger partial charge in [-0.3, -0.25) is 14.9 Å². The van der Waals surface area contributed by atoms with E-state index < -0.39 is 0 Å². The SMILES string of the molecule is CN1CCN(c2ccc(NC(=O)c3cc(-c4ccncc4)n[nH]3)cc2)CC1. The van der Waals surface area contributed by atoms with E-state index in [1.165, 1.54) is 5.69 Å². The molecule has 1 aliphatic heterocycles. The molecule has 1 aromatic carbocycles. The molecule has 0 atom stereocenters. The summed E-state index contributed by atoms with van der Waals surface area (Å²) in [5, 5.41) is 9.91. The molecule has 0 aliphatic carbocycles. The second-order valence-corrected chi connectivity index (χ2v) is 6.69. The fourth-order valence-electron chi connectivity index (χ4n) is 3.13. The monoisotopic (exact) mass is 362 g/mol. The average molecular weight is 362 g/mol. The van der Waals surface area contributed by atoms with Crippen LogP contribution in [0.5, 0.6) is 0 Å². The number of nitrogens with zero attached hydrogens (tertiary/aromatic N) is 4. The zero-order chi connectivity index (χ0) is 18.6. The van der Waals surface area contributed by atoms with E-state index in [9.17, 15) is 4.79 Å². The van der Waals surface area contributed by atoms with Gasteiger partial charge in [0.1, 0.15) is 5.69 Å². The molecule has 4 rings (SSSR count). The first kappa shape index (κ1) is 17.2. The Bertz CT molecular complexity index is 898. The first-order chi connectivity index (χ1) is 13.2. The number of carbonyl (C=O) groups excluding carboxylic acids is 1. The minimum atomic E-state index is -0.213. The van der Waals surface area contributed by atoms with E-state index in [1.807, 2.05) is 24.3 Å². The minimum Gasteiger partial charge on any atom is -0.369 e. The molecule has 0 bridgehead atoms. The van der Waals surface area contributed by atoms with Crippen LogP contribution in [-0.2, 0) is 0 Å². The Morgan fingerprint density at radius 1 is 1.04 bits per heavy atom. The molecular weight excluding hydrogens is 340 g/mol. The van der Waals surface area contributed by atoms with Crippen LogP contribution in [0.3, 0.4) is 0 Å². The summed E-state index contributed by atoms with van der Waals surface area (Å²) in [6, 6.07) is 13.4. The van der Waals surface area contributed by atoms with Crippen LogP contribution in [0.1, 0.15) is 10.5 Å². The van der Waals surface area contributed by atoms with E-state index in [2.05, 4.69) is 49.5 Å². The quantitative estimate of drug-likeness (QED) is 0.746. The molecule has 7 heteroatoms. The molecule has 1 aliphatic rings. The standard InChI is InChI=1S/C20H22N6O/c1-25-10-12-26(13-11-25)17-4-2-16(3-5-17)22-20(27)19-14-18(23-24-19)15-6-8-21-9-7-15/h2-9,14H,10-13H2,1H3,(H,22,27)(H,23,24). The first-order valence-corrected chi connectivity index (χ1v) is 9.00. The van der Waals surface area contributed by atoms with Crippen molar-refractivity contribution in [1.82, 2.24) is 20.1 Å². The number of nitrogens with one attached hydrogen (secondary N) is 2. The molecule has 3 heterocycles. The van der Waals surface area contributed by atoms with Gasteiger partial charge < -0.3 is 15.1 Å². The van der Waals surface area contributed by atoms with Crippen molar-refractivity contribution in [3.8, 4) is 11.3 Å². The minimum absolute atomic E-state index is 0.213. The predicted molar refractivity (Wildman–Crippen MR) is 106 cm³/mol. The van der Waals surface area contributed by atoms with E-state index in [0.717, 1.165) is 37.4 Å². The summed E-state index contributed by atoms with van der Waals surface area (Å²) < 4.78 is 0. The van der Waals surface area contributed by atoms with Gasteiger partial charge in [-0.1, -0.05) is 0 Å². The Labute approximate surface area is 158 Å². The number of H-pyrrole nitrogens is 1. The number of aromatic amines is 1. The van der Waals surface area contributed by atoms with Gasteiger partial charge in [0.2, 0.25) is 0 Å². The number of pyridine rings is 1. The van der Waals surface area contributed by atoms with Crippen LogP contribution in [0.2, 0.25) is 0 Å². The van der Waals surface area contributed by atoms with Gasteiger partial charge in [-0.05, 0) is 49.5 Å². The van der Waals surface area contributed by atoms with E-state index in [0.29, 0.717) is 11.4 Å². The molecule has 3 aromatic rings. The normalized spacial score (nSPS) is 14.9. The number of hydrogen-bond acceptors (Lipinski definition) is 5. The van der Waals surface area contributed by atoms with Gasteiger partial charge in [0.25, 0.3) is 5.91 Å². The third-order valence-corrected chi connectivity index (χ3v) is 4.79. The second kappa shape index (κ2) is 7.59. The van der Waals surface area contributed by atoms with E-state index in [1.54, 1.807) is 18.5 Å². The summed E-state index contributed by atoms with van der Waals surface area (Å²) in [4.78, 5) is 21.2. The molecule has 7 nitrogen and oxygen atoms in total. The highest BCUT2D eigenvalue weighted by atomic mass is 16.1. The van der Waals surface area contributed by atoms with Crippen molar-refractivity contribution in [3.05, 3.63) is 60.6 Å². The highest BCUT2D eigenvalue weighted by molar-refractivity contribution is 6.03. The number of anilines is 2. The van der Waals surface area contributed by atoms with E-state index >= 15 is 0 Å². The maximum atomic E-state index is 12.5. The Balaban J connectivity index is 1.40. The molecule has 2 aromatic heterocycles. The Morgan fingerprint density at radius 3 is 2.44 bits per heavy atom. The predicted octanol–water partition coefficient (Wildman–Crippen LogP) is 2.48. The van der Waals surface area contributed by atoms with Gasteiger partial charge in [-0.15, -0.1) is 0 Å². The highest BCUT2D eigenvalue weighted by Gasteiger charge is 2.15. The van der Waals surface area contributed by atoms with Gasteiger partial charge >= 0.3 is 0 Å². The number of rotatable bonds is 4. The lowest BCUT2D eigenvalue weighted by Gasteiger charge is -2.34. The topological polar surface area (TPSA) is 77.2 Å². The Morgan fingerprint density at radius 2 is 1.74 bits per heavy atom. The third kappa shape index (κ3) is 3.98. The van der Waals surface area contributed by atoms with Crippen molar-refractivity contribution in [2.75, 3.05) is 43.4 Å². The average Bonchev–Trinajstić information content (AvgIpc) is 3.20. The zero-order valence-corrected chi connectivity index (χ0v) is 15.2. The fourth-order valence-corrected chi connectivity index (χ4v) is 3.13. The number of amides is 1. The third-order valence-electron chi connectivity index (χ3n) is 4.79. The van der Waals surface area contributed by atoms with Crippen molar-refractivity contribution in [2.45, 2.75) is 0 Å². The van der Waals surface area contributed by atoms with Crippen LogP contribution in [0, 0.1) is 0 Å². The summed E-state index contributed by atoms with van der Waals surface area (Å²) in [5.41, 5.74) is 4.00. The molecular formula is C20H22N6O. The summed E-state index contributed by atoms with van der Waals surface area (Å²) in [7, 11) is 2.14. The van der Waals surface area contributed by atoms with Crippen molar-refractivity contribution >= 4 is 17.3 Å². The van der Waals surface area contributed by atoms with Crippen LogP contribution >= 0.6 is 0 Å². The summed E-state index contributed by atoms with van der Waals surface area (Å²) in [5.74, 6) is -0.213. The molecule has 138 valence electrons. The molecule has 2 N–H and O–H groups in total. The van der Waals surface area contributed by atoms with Crippen LogP contribution in [-0.4, -0.2) is 59.2 Å². The lowest BCUT2D eigenvalue weighted by molar-refractivity contribution is 0.102.